The molecule has 1 N–H and O–H groups in total. The highest BCUT2D eigenvalue weighted by atomic mass is 32.2. The fraction of sp³-hybridized carbons (Fsp3) is 0.355. The maximum Gasteiger partial charge on any atom is 0.264 e. The Labute approximate surface area is 237 Å². The van der Waals surface area contributed by atoms with Crippen molar-refractivity contribution in [1.82, 2.24) is 10.2 Å². The zero-order valence-corrected chi connectivity index (χ0v) is 24.1. The SMILES string of the molecule is COc1ccccc1N(CC(=O)N(Cc1cccc(C)c1)C(C)C(=O)NC1CCCC1)S(=O)(=O)c1ccccc1. The van der Waals surface area contributed by atoms with Crippen LogP contribution in [0.5, 0.6) is 5.75 Å². The zero-order valence-electron chi connectivity index (χ0n) is 23.2. The van der Waals surface area contributed by atoms with E-state index < -0.39 is 28.5 Å². The number of nitrogens with one attached hydrogen (secondary N) is 1. The summed E-state index contributed by atoms with van der Waals surface area (Å²) >= 11 is 0. The van der Waals surface area contributed by atoms with E-state index in [2.05, 4.69) is 5.32 Å². The monoisotopic (exact) mass is 563 g/mol. The Morgan fingerprint density at radius 1 is 0.975 bits per heavy atom. The first-order valence-corrected chi connectivity index (χ1v) is 15.0. The van der Waals surface area contributed by atoms with Crippen LogP contribution in [0, 0.1) is 6.92 Å². The summed E-state index contributed by atoms with van der Waals surface area (Å²) in [5, 5.41) is 3.09. The lowest BCUT2D eigenvalue weighted by Gasteiger charge is -2.33. The third-order valence-electron chi connectivity index (χ3n) is 7.27. The molecule has 1 fully saturated rings. The van der Waals surface area contributed by atoms with Gasteiger partial charge in [-0.1, -0.05) is 73.0 Å². The summed E-state index contributed by atoms with van der Waals surface area (Å²) < 4.78 is 34.4. The highest BCUT2D eigenvalue weighted by Gasteiger charge is 2.34. The summed E-state index contributed by atoms with van der Waals surface area (Å²) in [4.78, 5) is 28.9. The average molecular weight is 564 g/mol. The normalized spacial score (nSPS) is 14.4. The summed E-state index contributed by atoms with van der Waals surface area (Å²) in [5.74, 6) is -0.435. The first-order valence-electron chi connectivity index (χ1n) is 13.6. The lowest BCUT2D eigenvalue weighted by molar-refractivity contribution is -0.139. The van der Waals surface area contributed by atoms with E-state index in [0.717, 1.165) is 41.1 Å². The number of para-hydroxylation sites is 2. The number of hydrogen-bond donors (Lipinski definition) is 1. The van der Waals surface area contributed by atoms with Gasteiger partial charge in [0.25, 0.3) is 10.0 Å². The van der Waals surface area contributed by atoms with Crippen LogP contribution >= 0.6 is 0 Å². The second kappa shape index (κ2) is 13.0. The lowest BCUT2D eigenvalue weighted by atomic mass is 10.1. The van der Waals surface area contributed by atoms with Crippen molar-refractivity contribution < 1.29 is 22.7 Å². The molecule has 1 atom stereocenters. The fourth-order valence-corrected chi connectivity index (χ4v) is 6.50. The summed E-state index contributed by atoms with van der Waals surface area (Å²) in [6, 6.07) is 21.7. The van der Waals surface area contributed by atoms with E-state index in [1.54, 1.807) is 49.4 Å². The standard InChI is InChI=1S/C31H37N3O5S/c1-23-12-11-13-25(20-23)21-33(24(2)31(36)32-26-14-7-8-15-26)30(35)22-34(28-18-9-10-19-29(28)39-3)40(37,38)27-16-5-4-6-17-27/h4-6,9-13,16-20,24,26H,7-8,14-15,21-22H2,1-3H3,(H,32,36). The molecule has 1 aliphatic carbocycles. The Morgan fingerprint density at radius 3 is 2.33 bits per heavy atom. The molecule has 1 aliphatic rings. The number of aryl methyl sites for hydroxylation is 1. The topological polar surface area (TPSA) is 96.0 Å². The van der Waals surface area contributed by atoms with Gasteiger partial charge in [-0.05, 0) is 56.5 Å². The van der Waals surface area contributed by atoms with E-state index in [9.17, 15) is 18.0 Å². The number of benzene rings is 3. The number of carbonyl (C=O) groups excluding carboxylic acids is 2. The van der Waals surface area contributed by atoms with Gasteiger partial charge in [0.05, 0.1) is 17.7 Å². The fourth-order valence-electron chi connectivity index (χ4n) is 5.05. The molecule has 3 aromatic carbocycles. The van der Waals surface area contributed by atoms with Gasteiger partial charge in [-0.25, -0.2) is 8.42 Å². The van der Waals surface area contributed by atoms with Crippen LogP contribution in [0.4, 0.5) is 5.69 Å². The van der Waals surface area contributed by atoms with Crippen molar-refractivity contribution in [2.24, 2.45) is 0 Å². The quantitative estimate of drug-likeness (QED) is 0.366. The number of amides is 2. The van der Waals surface area contributed by atoms with Crippen LogP contribution < -0.4 is 14.4 Å². The minimum absolute atomic E-state index is 0.0472. The molecule has 1 unspecified atom stereocenters. The van der Waals surface area contributed by atoms with Gasteiger partial charge in [0, 0.05) is 12.6 Å². The van der Waals surface area contributed by atoms with Crippen LogP contribution in [0.1, 0.15) is 43.7 Å². The first kappa shape index (κ1) is 29.1. The maximum absolute atomic E-state index is 14.1. The maximum atomic E-state index is 14.1. The molecule has 0 radical (unpaired) electrons. The van der Waals surface area contributed by atoms with Crippen molar-refractivity contribution in [3.05, 3.63) is 90.0 Å². The number of methoxy groups -OCH3 is 1. The highest BCUT2D eigenvalue weighted by molar-refractivity contribution is 7.92. The van der Waals surface area contributed by atoms with Gasteiger partial charge in [0.15, 0.2) is 0 Å². The third-order valence-corrected chi connectivity index (χ3v) is 9.04. The van der Waals surface area contributed by atoms with Crippen LogP contribution in [-0.4, -0.2) is 50.9 Å². The number of hydrogen-bond acceptors (Lipinski definition) is 5. The molecule has 9 heteroatoms. The number of ether oxygens (including phenoxy) is 1. The number of sulfonamides is 1. The molecule has 1 saturated carbocycles. The van der Waals surface area contributed by atoms with E-state index in [4.69, 9.17) is 4.74 Å². The minimum atomic E-state index is -4.15. The molecule has 0 saturated heterocycles. The number of carbonyl (C=O) groups is 2. The largest absolute Gasteiger partial charge is 0.495 e. The number of anilines is 1. The molecule has 8 nitrogen and oxygen atoms in total. The first-order chi connectivity index (χ1) is 19.2. The molecule has 0 heterocycles. The Hall–Kier alpha value is -3.85. The zero-order chi connectivity index (χ0) is 28.7. The predicted molar refractivity (Wildman–Crippen MR) is 156 cm³/mol. The predicted octanol–water partition coefficient (Wildman–Crippen LogP) is 4.68. The smallest absolute Gasteiger partial charge is 0.264 e. The second-order valence-electron chi connectivity index (χ2n) is 10.2. The molecular formula is C31H37N3O5S. The summed E-state index contributed by atoms with van der Waals surface area (Å²) in [7, 11) is -2.70. The van der Waals surface area contributed by atoms with Crippen molar-refractivity contribution in [3.8, 4) is 5.75 Å². The summed E-state index contributed by atoms with van der Waals surface area (Å²) in [6.07, 6.45) is 3.97. The van der Waals surface area contributed by atoms with Gasteiger partial charge in [0.2, 0.25) is 11.8 Å². The minimum Gasteiger partial charge on any atom is -0.495 e. The van der Waals surface area contributed by atoms with Crippen molar-refractivity contribution in [1.29, 1.82) is 0 Å². The van der Waals surface area contributed by atoms with Crippen molar-refractivity contribution in [2.45, 2.75) is 63.1 Å². The van der Waals surface area contributed by atoms with Gasteiger partial charge < -0.3 is 15.0 Å². The molecule has 40 heavy (non-hydrogen) atoms. The van der Waals surface area contributed by atoms with Gasteiger partial charge in [0.1, 0.15) is 18.3 Å². The van der Waals surface area contributed by atoms with Gasteiger partial charge in [-0.15, -0.1) is 0 Å². The number of rotatable bonds is 11. The molecule has 0 aliphatic heterocycles. The van der Waals surface area contributed by atoms with Crippen molar-refractivity contribution in [3.63, 3.8) is 0 Å². The molecule has 0 aromatic heterocycles. The third kappa shape index (κ3) is 6.83. The van der Waals surface area contributed by atoms with Gasteiger partial charge in [-0.2, -0.15) is 0 Å². The molecular weight excluding hydrogens is 526 g/mol. The van der Waals surface area contributed by atoms with Crippen molar-refractivity contribution >= 4 is 27.5 Å². The van der Waals surface area contributed by atoms with Gasteiger partial charge >= 0.3 is 0 Å². The Morgan fingerprint density at radius 2 is 1.65 bits per heavy atom. The molecule has 3 aromatic rings. The van der Waals surface area contributed by atoms with Crippen LogP contribution in [-0.2, 0) is 26.2 Å². The molecule has 0 bridgehead atoms. The number of nitrogens with zero attached hydrogens (tertiary/aromatic N) is 2. The molecule has 2 amide bonds. The van der Waals surface area contributed by atoms with Gasteiger partial charge in [-0.3, -0.25) is 13.9 Å². The summed E-state index contributed by atoms with van der Waals surface area (Å²) in [5.41, 5.74) is 2.11. The van der Waals surface area contributed by atoms with E-state index in [0.29, 0.717) is 5.75 Å². The van der Waals surface area contributed by atoms with E-state index >= 15 is 0 Å². The summed E-state index contributed by atoms with van der Waals surface area (Å²) in [6.45, 7) is 3.30. The van der Waals surface area contributed by atoms with Crippen molar-refractivity contribution in [2.75, 3.05) is 18.0 Å². The van der Waals surface area contributed by atoms with E-state index in [1.807, 2.05) is 31.2 Å². The van der Waals surface area contributed by atoms with E-state index in [-0.39, 0.29) is 29.1 Å². The van der Waals surface area contributed by atoms with Crippen LogP contribution in [0.25, 0.3) is 0 Å². The Balaban J connectivity index is 1.70. The Kier molecular flexibility index (Phi) is 9.47. The average Bonchev–Trinajstić information content (AvgIpc) is 3.47. The second-order valence-corrected chi connectivity index (χ2v) is 12.0. The molecule has 212 valence electrons. The van der Waals surface area contributed by atoms with Crippen LogP contribution in [0.15, 0.2) is 83.8 Å². The molecule has 0 spiro atoms. The Bertz CT molecular complexity index is 1420. The van der Waals surface area contributed by atoms with Crippen LogP contribution in [0.2, 0.25) is 0 Å². The lowest BCUT2D eigenvalue weighted by Crippen LogP contribution is -2.52. The molecule has 4 rings (SSSR count). The van der Waals surface area contributed by atoms with E-state index in [1.165, 1.54) is 24.1 Å². The van der Waals surface area contributed by atoms with Crippen LogP contribution in [0.3, 0.4) is 0 Å². The highest BCUT2D eigenvalue weighted by Crippen LogP contribution is 2.32.